The van der Waals surface area contributed by atoms with Crippen molar-refractivity contribution in [2.45, 2.75) is 37.8 Å². The lowest BCUT2D eigenvalue weighted by Gasteiger charge is -2.40. The standard InChI is InChI=1S/C17H27N3/c1-14-11-17(12-18,13-19(14)2)20-9-7-15-5-3-4-6-16(15)8-10-20/h3-6,14H,7-13,18H2,1-2H3. The molecule has 1 fully saturated rings. The number of benzene rings is 1. The van der Waals surface area contributed by atoms with Crippen LogP contribution in [0.15, 0.2) is 24.3 Å². The van der Waals surface area contributed by atoms with Gasteiger partial charge < -0.3 is 10.6 Å². The van der Waals surface area contributed by atoms with Crippen LogP contribution in [0.25, 0.3) is 0 Å². The summed E-state index contributed by atoms with van der Waals surface area (Å²) in [5, 5.41) is 0. The second-order valence-corrected chi connectivity index (χ2v) is 6.65. The Morgan fingerprint density at radius 2 is 1.80 bits per heavy atom. The smallest absolute Gasteiger partial charge is 0.0473 e. The van der Waals surface area contributed by atoms with Crippen LogP contribution in [0.2, 0.25) is 0 Å². The largest absolute Gasteiger partial charge is 0.329 e. The van der Waals surface area contributed by atoms with Crippen molar-refractivity contribution in [1.29, 1.82) is 0 Å². The first-order chi connectivity index (χ1) is 9.64. The van der Waals surface area contributed by atoms with Gasteiger partial charge in [-0.25, -0.2) is 0 Å². The number of nitrogens with zero attached hydrogens (tertiary/aromatic N) is 2. The molecule has 2 atom stereocenters. The lowest BCUT2D eigenvalue weighted by molar-refractivity contribution is 0.107. The number of hydrogen-bond acceptors (Lipinski definition) is 3. The maximum Gasteiger partial charge on any atom is 0.0473 e. The molecule has 2 unspecified atom stereocenters. The molecule has 20 heavy (non-hydrogen) atoms. The van der Waals surface area contributed by atoms with Gasteiger partial charge >= 0.3 is 0 Å². The lowest BCUT2D eigenvalue weighted by Crippen LogP contribution is -2.56. The molecule has 0 amide bonds. The van der Waals surface area contributed by atoms with E-state index < -0.39 is 0 Å². The SMILES string of the molecule is CC1CC(CN)(N2CCc3ccccc3CC2)CN1C. The molecule has 1 saturated heterocycles. The predicted octanol–water partition coefficient (Wildman–Crippen LogP) is 1.51. The Labute approximate surface area is 122 Å². The van der Waals surface area contributed by atoms with Crippen molar-refractivity contribution in [3.63, 3.8) is 0 Å². The molecule has 3 heteroatoms. The summed E-state index contributed by atoms with van der Waals surface area (Å²) in [6, 6.07) is 9.55. The third-order valence-corrected chi connectivity index (χ3v) is 5.44. The molecule has 0 spiro atoms. The number of likely N-dealkylation sites (N-methyl/N-ethyl adjacent to an activating group) is 1. The van der Waals surface area contributed by atoms with E-state index in [0.717, 1.165) is 39.0 Å². The Kier molecular flexibility index (Phi) is 3.85. The summed E-state index contributed by atoms with van der Waals surface area (Å²) in [6.07, 6.45) is 3.53. The highest BCUT2D eigenvalue weighted by Gasteiger charge is 2.44. The van der Waals surface area contributed by atoms with Crippen LogP contribution in [-0.4, -0.2) is 54.6 Å². The van der Waals surface area contributed by atoms with Crippen molar-refractivity contribution in [3.8, 4) is 0 Å². The zero-order valence-corrected chi connectivity index (χ0v) is 12.8. The van der Waals surface area contributed by atoms with E-state index in [1.165, 1.54) is 17.5 Å². The van der Waals surface area contributed by atoms with Gasteiger partial charge in [-0.1, -0.05) is 24.3 Å². The molecular formula is C17H27N3. The van der Waals surface area contributed by atoms with Crippen molar-refractivity contribution in [2.75, 3.05) is 33.2 Å². The van der Waals surface area contributed by atoms with Crippen LogP contribution in [0, 0.1) is 0 Å². The van der Waals surface area contributed by atoms with Gasteiger partial charge in [0.2, 0.25) is 0 Å². The quantitative estimate of drug-likeness (QED) is 0.886. The highest BCUT2D eigenvalue weighted by atomic mass is 15.3. The molecule has 3 nitrogen and oxygen atoms in total. The summed E-state index contributed by atoms with van der Waals surface area (Å²) in [7, 11) is 2.23. The monoisotopic (exact) mass is 273 g/mol. The minimum absolute atomic E-state index is 0.191. The van der Waals surface area contributed by atoms with E-state index in [4.69, 9.17) is 5.73 Å². The molecule has 2 aliphatic rings. The molecular weight excluding hydrogens is 246 g/mol. The van der Waals surface area contributed by atoms with E-state index >= 15 is 0 Å². The van der Waals surface area contributed by atoms with Crippen LogP contribution in [0.5, 0.6) is 0 Å². The van der Waals surface area contributed by atoms with Gasteiger partial charge in [-0.15, -0.1) is 0 Å². The average Bonchev–Trinajstić information content (AvgIpc) is 2.65. The highest BCUT2D eigenvalue weighted by molar-refractivity contribution is 5.29. The lowest BCUT2D eigenvalue weighted by atomic mass is 9.93. The summed E-state index contributed by atoms with van der Waals surface area (Å²) in [4.78, 5) is 5.14. The van der Waals surface area contributed by atoms with Crippen molar-refractivity contribution >= 4 is 0 Å². The van der Waals surface area contributed by atoms with E-state index in [9.17, 15) is 0 Å². The second kappa shape index (κ2) is 5.47. The Balaban J connectivity index is 1.79. The number of hydrogen-bond donors (Lipinski definition) is 1. The molecule has 0 radical (unpaired) electrons. The maximum absolute atomic E-state index is 6.21. The van der Waals surface area contributed by atoms with Crippen LogP contribution in [-0.2, 0) is 12.8 Å². The van der Waals surface area contributed by atoms with E-state index in [1.807, 2.05) is 0 Å². The molecule has 0 bridgehead atoms. The van der Waals surface area contributed by atoms with Gasteiger partial charge in [0, 0.05) is 37.8 Å². The molecule has 2 N–H and O–H groups in total. The second-order valence-electron chi connectivity index (χ2n) is 6.65. The third-order valence-electron chi connectivity index (χ3n) is 5.44. The van der Waals surface area contributed by atoms with Crippen LogP contribution in [0.3, 0.4) is 0 Å². The first-order valence-corrected chi connectivity index (χ1v) is 7.87. The van der Waals surface area contributed by atoms with E-state index in [1.54, 1.807) is 0 Å². The van der Waals surface area contributed by atoms with Crippen molar-refractivity contribution < 1.29 is 0 Å². The van der Waals surface area contributed by atoms with Crippen molar-refractivity contribution in [3.05, 3.63) is 35.4 Å². The Hall–Kier alpha value is -0.900. The Morgan fingerprint density at radius 1 is 1.20 bits per heavy atom. The van der Waals surface area contributed by atoms with Gasteiger partial charge in [0.15, 0.2) is 0 Å². The molecule has 0 aromatic heterocycles. The zero-order valence-electron chi connectivity index (χ0n) is 12.8. The van der Waals surface area contributed by atoms with E-state index in [2.05, 4.69) is 48.0 Å². The highest BCUT2D eigenvalue weighted by Crippen LogP contribution is 2.32. The summed E-state index contributed by atoms with van der Waals surface area (Å²) < 4.78 is 0. The fourth-order valence-corrected chi connectivity index (χ4v) is 4.04. The van der Waals surface area contributed by atoms with E-state index in [0.29, 0.717) is 6.04 Å². The van der Waals surface area contributed by atoms with E-state index in [-0.39, 0.29) is 5.54 Å². The van der Waals surface area contributed by atoms with Crippen LogP contribution >= 0.6 is 0 Å². The maximum atomic E-state index is 6.21. The van der Waals surface area contributed by atoms with Crippen molar-refractivity contribution in [2.24, 2.45) is 5.73 Å². The van der Waals surface area contributed by atoms with Gasteiger partial charge in [0.1, 0.15) is 0 Å². The van der Waals surface area contributed by atoms with Gasteiger partial charge in [0.05, 0.1) is 0 Å². The summed E-state index contributed by atoms with van der Waals surface area (Å²) >= 11 is 0. The normalized spacial score (nSPS) is 32.0. The Bertz CT molecular complexity index is 434. The summed E-state index contributed by atoms with van der Waals surface area (Å²) in [6.45, 7) is 6.51. The molecule has 0 saturated carbocycles. The molecule has 2 heterocycles. The molecule has 0 aliphatic carbocycles. The van der Waals surface area contributed by atoms with Gasteiger partial charge in [-0.05, 0) is 44.4 Å². The van der Waals surface area contributed by atoms with Crippen LogP contribution < -0.4 is 5.73 Å². The molecule has 110 valence electrons. The molecule has 2 aliphatic heterocycles. The number of likely N-dealkylation sites (tertiary alicyclic amines) is 1. The summed E-state index contributed by atoms with van der Waals surface area (Å²) in [5.74, 6) is 0. The fraction of sp³-hybridized carbons (Fsp3) is 0.647. The Morgan fingerprint density at radius 3 is 2.25 bits per heavy atom. The minimum atomic E-state index is 0.191. The van der Waals surface area contributed by atoms with Gasteiger partial charge in [-0.2, -0.15) is 0 Å². The zero-order chi connectivity index (χ0) is 14.2. The van der Waals surface area contributed by atoms with Gasteiger partial charge in [0.25, 0.3) is 0 Å². The topological polar surface area (TPSA) is 32.5 Å². The average molecular weight is 273 g/mol. The predicted molar refractivity (Wildman–Crippen MR) is 83.9 cm³/mol. The van der Waals surface area contributed by atoms with Crippen LogP contribution in [0.4, 0.5) is 0 Å². The number of fused-ring (bicyclic) bond motifs is 1. The number of nitrogens with two attached hydrogens (primary N) is 1. The first-order valence-electron chi connectivity index (χ1n) is 7.87. The minimum Gasteiger partial charge on any atom is -0.329 e. The molecule has 1 aromatic rings. The van der Waals surface area contributed by atoms with Crippen LogP contribution in [0.1, 0.15) is 24.5 Å². The summed E-state index contributed by atoms with van der Waals surface area (Å²) in [5.41, 5.74) is 9.46. The molecule has 1 aromatic carbocycles. The first kappa shape index (κ1) is 14.1. The van der Waals surface area contributed by atoms with Gasteiger partial charge in [-0.3, -0.25) is 4.90 Å². The fourth-order valence-electron chi connectivity index (χ4n) is 4.04. The molecule has 3 rings (SSSR count). The van der Waals surface area contributed by atoms with Crippen molar-refractivity contribution in [1.82, 2.24) is 9.80 Å². The third kappa shape index (κ3) is 2.39. The number of rotatable bonds is 2.